The lowest BCUT2D eigenvalue weighted by atomic mass is 9.93. The van der Waals surface area contributed by atoms with Gasteiger partial charge in [-0.15, -0.1) is 5.10 Å². The zero-order valence-corrected chi connectivity index (χ0v) is 12.5. The molecule has 22 heavy (non-hydrogen) atoms. The van der Waals surface area contributed by atoms with Crippen LogP contribution in [0, 0.1) is 0 Å². The molecule has 3 rings (SSSR count). The molecular weight excluding hydrogens is 278 g/mol. The van der Waals surface area contributed by atoms with E-state index in [0.29, 0.717) is 5.70 Å². The summed E-state index contributed by atoms with van der Waals surface area (Å²) in [5.74, 6) is 0. The van der Waals surface area contributed by atoms with Crippen molar-refractivity contribution in [3.8, 4) is 0 Å². The van der Waals surface area contributed by atoms with Gasteiger partial charge in [-0.05, 0) is 24.6 Å². The molecule has 1 N–H and O–H groups in total. The Hall–Kier alpha value is -2.66. The van der Waals surface area contributed by atoms with E-state index >= 15 is 0 Å². The Balaban J connectivity index is 2.17. The van der Waals surface area contributed by atoms with Crippen molar-refractivity contribution in [3.63, 3.8) is 0 Å². The van der Waals surface area contributed by atoms with Crippen LogP contribution in [0.5, 0.6) is 0 Å². The Labute approximate surface area is 128 Å². The van der Waals surface area contributed by atoms with E-state index in [2.05, 4.69) is 10.3 Å². The monoisotopic (exact) mass is 295 g/mol. The number of aromatic nitrogens is 3. The number of hydrogen-bond donors (Lipinski definition) is 1. The van der Waals surface area contributed by atoms with Crippen LogP contribution in [0.4, 0.5) is 0 Å². The molecule has 0 bridgehead atoms. The maximum atomic E-state index is 11.1. The fraction of sp³-hybridized carbons (Fsp3) is 0.176. The molecule has 0 amide bonds. The Bertz CT molecular complexity index is 807. The highest BCUT2D eigenvalue weighted by molar-refractivity contribution is 5.78. The summed E-state index contributed by atoms with van der Waals surface area (Å²) < 4.78 is 6.78. The topological polar surface area (TPSA) is 60.2 Å². The predicted molar refractivity (Wildman–Crippen MR) is 84.8 cm³/mol. The average molecular weight is 295 g/mol. The van der Waals surface area contributed by atoms with Gasteiger partial charge < -0.3 is 9.84 Å². The van der Waals surface area contributed by atoms with E-state index in [0.717, 1.165) is 16.6 Å². The Morgan fingerprint density at radius 2 is 1.82 bits per heavy atom. The highest BCUT2D eigenvalue weighted by atomic mass is 16.5. The zero-order chi connectivity index (χ0) is 15.6. The molecule has 5 heteroatoms. The number of methoxy groups -OCH3 is 1. The molecule has 0 spiro atoms. The summed E-state index contributed by atoms with van der Waals surface area (Å²) in [6.45, 7) is 1.71. The summed E-state index contributed by atoms with van der Waals surface area (Å²) in [7, 11) is 1.54. The van der Waals surface area contributed by atoms with Crippen molar-refractivity contribution in [2.24, 2.45) is 0 Å². The van der Waals surface area contributed by atoms with E-state index in [4.69, 9.17) is 4.74 Å². The Morgan fingerprint density at radius 3 is 2.55 bits per heavy atom. The molecular formula is C17H17N3O2. The standard InChI is InChI=1S/C17H17N3O2/c1-17(21,13-8-4-3-5-9-13)16(12-22-2)20-15-11-7-6-10-14(15)18-19-20/h3-12,21H,1-2H3/b16-12+. The maximum Gasteiger partial charge on any atom is 0.132 e. The highest BCUT2D eigenvalue weighted by Crippen LogP contribution is 2.33. The molecule has 1 atom stereocenters. The molecule has 2 aromatic carbocycles. The number of ether oxygens (including phenoxy) is 1. The van der Waals surface area contributed by atoms with E-state index < -0.39 is 5.60 Å². The van der Waals surface area contributed by atoms with Crippen molar-refractivity contribution in [1.29, 1.82) is 0 Å². The van der Waals surface area contributed by atoms with Crippen molar-refractivity contribution in [2.45, 2.75) is 12.5 Å². The van der Waals surface area contributed by atoms with Gasteiger partial charge >= 0.3 is 0 Å². The Kier molecular flexibility index (Phi) is 3.65. The van der Waals surface area contributed by atoms with Crippen LogP contribution >= 0.6 is 0 Å². The zero-order valence-electron chi connectivity index (χ0n) is 12.5. The van der Waals surface area contributed by atoms with Gasteiger partial charge in [0.05, 0.1) is 12.6 Å². The van der Waals surface area contributed by atoms with Crippen molar-refractivity contribution in [3.05, 3.63) is 66.4 Å². The van der Waals surface area contributed by atoms with E-state index in [1.807, 2.05) is 54.6 Å². The van der Waals surface area contributed by atoms with Crippen LogP contribution in [0.1, 0.15) is 12.5 Å². The van der Waals surface area contributed by atoms with Crippen LogP contribution in [0.25, 0.3) is 16.7 Å². The minimum atomic E-state index is -1.27. The summed E-state index contributed by atoms with van der Waals surface area (Å²) in [5.41, 5.74) is 1.54. The van der Waals surface area contributed by atoms with Gasteiger partial charge in [0.15, 0.2) is 0 Å². The lowest BCUT2D eigenvalue weighted by Crippen LogP contribution is -2.27. The SMILES string of the molecule is CO/C=C(/n1nnc2ccccc21)C(C)(O)c1ccccc1. The first-order valence-corrected chi connectivity index (χ1v) is 6.97. The quantitative estimate of drug-likeness (QED) is 0.752. The first-order chi connectivity index (χ1) is 10.6. The van der Waals surface area contributed by atoms with Crippen molar-refractivity contribution in [1.82, 2.24) is 15.0 Å². The summed E-state index contributed by atoms with van der Waals surface area (Å²) >= 11 is 0. The predicted octanol–water partition coefficient (Wildman–Crippen LogP) is 2.78. The molecule has 0 saturated heterocycles. The Morgan fingerprint density at radius 1 is 1.14 bits per heavy atom. The molecule has 3 aromatic rings. The molecule has 0 aliphatic rings. The lowest BCUT2D eigenvalue weighted by Gasteiger charge is -2.26. The molecule has 0 fully saturated rings. The largest absolute Gasteiger partial charge is 0.502 e. The van der Waals surface area contributed by atoms with E-state index in [1.165, 1.54) is 6.26 Å². The van der Waals surface area contributed by atoms with Gasteiger partial charge in [0.1, 0.15) is 23.1 Å². The number of rotatable bonds is 4. The van der Waals surface area contributed by atoms with Gasteiger partial charge in [-0.1, -0.05) is 47.7 Å². The molecule has 0 aliphatic carbocycles. The third-order valence-corrected chi connectivity index (χ3v) is 3.64. The first kappa shape index (κ1) is 14.3. The van der Waals surface area contributed by atoms with Crippen LogP contribution in [0.2, 0.25) is 0 Å². The van der Waals surface area contributed by atoms with Crippen molar-refractivity contribution in [2.75, 3.05) is 7.11 Å². The smallest absolute Gasteiger partial charge is 0.132 e. The first-order valence-electron chi connectivity index (χ1n) is 6.97. The molecule has 112 valence electrons. The van der Waals surface area contributed by atoms with E-state index in [9.17, 15) is 5.11 Å². The second-order valence-electron chi connectivity index (χ2n) is 5.17. The van der Waals surface area contributed by atoms with Gasteiger partial charge in [0.2, 0.25) is 0 Å². The molecule has 5 nitrogen and oxygen atoms in total. The molecule has 1 unspecified atom stereocenters. The number of nitrogens with zero attached hydrogens (tertiary/aromatic N) is 3. The average Bonchev–Trinajstić information content (AvgIpc) is 2.97. The molecule has 0 radical (unpaired) electrons. The number of aliphatic hydroxyl groups is 1. The molecule has 0 aliphatic heterocycles. The van der Waals surface area contributed by atoms with Crippen LogP contribution in [0.3, 0.4) is 0 Å². The highest BCUT2D eigenvalue weighted by Gasteiger charge is 2.31. The van der Waals surface area contributed by atoms with Crippen LogP contribution in [-0.4, -0.2) is 27.2 Å². The van der Waals surface area contributed by atoms with Crippen LogP contribution in [-0.2, 0) is 10.3 Å². The summed E-state index contributed by atoms with van der Waals surface area (Å²) in [4.78, 5) is 0. The third kappa shape index (κ3) is 2.35. The van der Waals surface area contributed by atoms with Crippen molar-refractivity contribution < 1.29 is 9.84 Å². The minimum Gasteiger partial charge on any atom is -0.502 e. The fourth-order valence-corrected chi connectivity index (χ4v) is 2.44. The summed E-state index contributed by atoms with van der Waals surface area (Å²) in [6, 6.07) is 17.0. The van der Waals surface area contributed by atoms with Crippen LogP contribution < -0.4 is 0 Å². The van der Waals surface area contributed by atoms with Gasteiger partial charge in [0, 0.05) is 0 Å². The summed E-state index contributed by atoms with van der Waals surface area (Å²) in [5, 5.41) is 19.4. The van der Waals surface area contributed by atoms with Gasteiger partial charge in [0.25, 0.3) is 0 Å². The third-order valence-electron chi connectivity index (χ3n) is 3.64. The normalized spacial score (nSPS) is 14.8. The second kappa shape index (κ2) is 5.61. The number of benzene rings is 2. The van der Waals surface area contributed by atoms with Gasteiger partial charge in [-0.3, -0.25) is 0 Å². The fourth-order valence-electron chi connectivity index (χ4n) is 2.44. The second-order valence-corrected chi connectivity index (χ2v) is 5.17. The lowest BCUT2D eigenvalue weighted by molar-refractivity contribution is 0.112. The van der Waals surface area contributed by atoms with E-state index in [-0.39, 0.29) is 0 Å². The minimum absolute atomic E-state index is 0.495. The van der Waals surface area contributed by atoms with Gasteiger partial charge in [-0.2, -0.15) is 0 Å². The van der Waals surface area contributed by atoms with Crippen molar-refractivity contribution >= 4 is 16.7 Å². The maximum absolute atomic E-state index is 11.1. The number of hydrogen-bond acceptors (Lipinski definition) is 4. The number of fused-ring (bicyclic) bond motifs is 1. The molecule has 1 heterocycles. The number of para-hydroxylation sites is 1. The van der Waals surface area contributed by atoms with Crippen LogP contribution in [0.15, 0.2) is 60.9 Å². The van der Waals surface area contributed by atoms with E-state index in [1.54, 1.807) is 18.7 Å². The molecule has 1 aromatic heterocycles. The van der Waals surface area contributed by atoms with Gasteiger partial charge in [-0.25, -0.2) is 4.68 Å². The molecule has 0 saturated carbocycles. The summed E-state index contributed by atoms with van der Waals surface area (Å²) in [6.07, 6.45) is 1.49.